The van der Waals surface area contributed by atoms with Gasteiger partial charge < -0.3 is 10.2 Å². The predicted molar refractivity (Wildman–Crippen MR) is 70.1 cm³/mol. The summed E-state index contributed by atoms with van der Waals surface area (Å²) >= 11 is 1.89. The third-order valence-electron chi connectivity index (χ3n) is 3.92. The van der Waals surface area contributed by atoms with Crippen LogP contribution in [0.1, 0.15) is 26.7 Å². The molecule has 4 aliphatic heterocycles. The third kappa shape index (κ3) is 2.09. The highest BCUT2D eigenvalue weighted by Gasteiger charge is 2.35. The predicted octanol–water partition coefficient (Wildman–Crippen LogP) is 1.55. The maximum absolute atomic E-state index is 4.94. The third-order valence-corrected chi connectivity index (χ3v) is 5.27. The number of aliphatic imine (C=N–C) groups is 1. The first kappa shape index (κ1) is 10.9. The molecule has 1 unspecified atom stereocenters. The second kappa shape index (κ2) is 3.91. The lowest BCUT2D eigenvalue weighted by Crippen LogP contribution is -2.50. The first-order valence-electron chi connectivity index (χ1n) is 6.33. The minimum absolute atomic E-state index is 0.234. The molecule has 4 saturated heterocycles. The first-order chi connectivity index (χ1) is 7.62. The summed E-state index contributed by atoms with van der Waals surface area (Å²) < 4.78 is 0. The van der Waals surface area contributed by atoms with E-state index in [2.05, 4.69) is 24.1 Å². The quantitative estimate of drug-likeness (QED) is 0.752. The van der Waals surface area contributed by atoms with Gasteiger partial charge in [-0.2, -0.15) is 0 Å². The number of piperidine rings is 3. The van der Waals surface area contributed by atoms with Crippen LogP contribution in [0.2, 0.25) is 0 Å². The molecule has 4 aliphatic rings. The first-order valence-corrected chi connectivity index (χ1v) is 7.32. The summed E-state index contributed by atoms with van der Waals surface area (Å²) in [5.41, 5.74) is 0.234. The lowest BCUT2D eigenvalue weighted by atomic mass is 9.84. The summed E-state index contributed by atoms with van der Waals surface area (Å²) in [6, 6.07) is 0.561. The average Bonchev–Trinajstić information content (AvgIpc) is 2.60. The highest BCUT2D eigenvalue weighted by Crippen LogP contribution is 2.31. The molecule has 0 aromatic heterocycles. The van der Waals surface area contributed by atoms with Crippen LogP contribution in [0.15, 0.2) is 4.99 Å². The van der Waals surface area contributed by atoms with Crippen molar-refractivity contribution in [3.05, 3.63) is 0 Å². The van der Waals surface area contributed by atoms with Gasteiger partial charge in [-0.3, -0.25) is 4.99 Å². The van der Waals surface area contributed by atoms with E-state index in [1.807, 2.05) is 11.8 Å². The van der Waals surface area contributed by atoms with Gasteiger partial charge in [0.15, 0.2) is 5.17 Å². The SMILES string of the molecule is CC1(C)CSC(=NC2CN3CCC2CC3)N1. The Hall–Kier alpha value is -0.220. The summed E-state index contributed by atoms with van der Waals surface area (Å²) in [4.78, 5) is 7.51. The van der Waals surface area contributed by atoms with Crippen LogP contribution < -0.4 is 5.32 Å². The minimum atomic E-state index is 0.234. The van der Waals surface area contributed by atoms with Crippen LogP contribution >= 0.6 is 11.8 Å². The molecule has 4 rings (SSSR count). The summed E-state index contributed by atoms with van der Waals surface area (Å²) in [6.07, 6.45) is 2.71. The Bertz CT molecular complexity index is 305. The van der Waals surface area contributed by atoms with Crippen LogP contribution in [0.3, 0.4) is 0 Å². The van der Waals surface area contributed by atoms with E-state index in [1.54, 1.807) is 0 Å². The lowest BCUT2D eigenvalue weighted by Gasteiger charge is -2.43. The Kier molecular flexibility index (Phi) is 2.67. The molecule has 0 radical (unpaired) electrons. The van der Waals surface area contributed by atoms with E-state index in [-0.39, 0.29) is 5.54 Å². The van der Waals surface area contributed by atoms with E-state index in [9.17, 15) is 0 Å². The van der Waals surface area contributed by atoms with E-state index >= 15 is 0 Å². The number of nitrogens with one attached hydrogen (secondary N) is 1. The number of amidine groups is 1. The van der Waals surface area contributed by atoms with E-state index < -0.39 is 0 Å². The highest BCUT2D eigenvalue weighted by molar-refractivity contribution is 8.14. The second-order valence-electron chi connectivity index (χ2n) is 5.94. The molecule has 1 atom stereocenters. The zero-order valence-electron chi connectivity index (χ0n) is 10.2. The van der Waals surface area contributed by atoms with Crippen molar-refractivity contribution in [1.29, 1.82) is 0 Å². The van der Waals surface area contributed by atoms with Crippen molar-refractivity contribution in [2.75, 3.05) is 25.4 Å². The van der Waals surface area contributed by atoms with Crippen molar-refractivity contribution < 1.29 is 0 Å². The summed E-state index contributed by atoms with van der Waals surface area (Å²) in [5, 5.41) is 4.72. The number of hydrogen-bond acceptors (Lipinski definition) is 3. The van der Waals surface area contributed by atoms with Crippen LogP contribution in [0.5, 0.6) is 0 Å². The average molecular weight is 239 g/mol. The van der Waals surface area contributed by atoms with Gasteiger partial charge >= 0.3 is 0 Å². The van der Waals surface area contributed by atoms with Crippen molar-refractivity contribution >= 4 is 16.9 Å². The summed E-state index contributed by atoms with van der Waals surface area (Å²) in [6.45, 7) is 8.30. The van der Waals surface area contributed by atoms with E-state index in [0.29, 0.717) is 6.04 Å². The molecular formula is C12H21N3S. The van der Waals surface area contributed by atoms with E-state index in [0.717, 1.165) is 11.7 Å². The highest BCUT2D eigenvalue weighted by atomic mass is 32.2. The number of thioether (sulfide) groups is 1. The van der Waals surface area contributed by atoms with Gasteiger partial charge in [0, 0.05) is 17.8 Å². The summed E-state index contributed by atoms with van der Waals surface area (Å²) in [7, 11) is 0. The molecule has 4 fully saturated rings. The molecular weight excluding hydrogens is 218 g/mol. The van der Waals surface area contributed by atoms with Gasteiger partial charge in [0.25, 0.3) is 0 Å². The van der Waals surface area contributed by atoms with Gasteiger partial charge in [0.05, 0.1) is 6.04 Å². The van der Waals surface area contributed by atoms with Gasteiger partial charge in [0.1, 0.15) is 0 Å². The van der Waals surface area contributed by atoms with Crippen molar-refractivity contribution in [1.82, 2.24) is 10.2 Å². The fraction of sp³-hybridized carbons (Fsp3) is 0.917. The zero-order valence-corrected chi connectivity index (χ0v) is 11.0. The van der Waals surface area contributed by atoms with Gasteiger partial charge in [-0.1, -0.05) is 11.8 Å². The van der Waals surface area contributed by atoms with Crippen LogP contribution in [0, 0.1) is 5.92 Å². The molecule has 16 heavy (non-hydrogen) atoms. The number of nitrogens with zero attached hydrogens (tertiary/aromatic N) is 2. The topological polar surface area (TPSA) is 27.6 Å². The number of rotatable bonds is 1. The van der Waals surface area contributed by atoms with Crippen molar-refractivity contribution in [2.24, 2.45) is 10.9 Å². The zero-order chi connectivity index (χ0) is 11.2. The second-order valence-corrected chi connectivity index (χ2v) is 6.90. The smallest absolute Gasteiger partial charge is 0.157 e. The van der Waals surface area contributed by atoms with Crippen molar-refractivity contribution in [2.45, 2.75) is 38.3 Å². The molecule has 4 heteroatoms. The molecule has 0 aliphatic carbocycles. The van der Waals surface area contributed by atoms with Crippen LogP contribution in [0.4, 0.5) is 0 Å². The number of hydrogen-bond donors (Lipinski definition) is 1. The van der Waals surface area contributed by atoms with Crippen molar-refractivity contribution in [3.63, 3.8) is 0 Å². The molecule has 0 aromatic rings. The molecule has 4 heterocycles. The fourth-order valence-corrected chi connectivity index (χ4v) is 4.04. The van der Waals surface area contributed by atoms with Gasteiger partial charge in [-0.15, -0.1) is 0 Å². The van der Waals surface area contributed by atoms with Crippen molar-refractivity contribution in [3.8, 4) is 0 Å². The standard InChI is InChI=1S/C12H21N3S/c1-12(2)8-16-11(14-12)13-10-7-15-5-3-9(10)4-6-15/h9-10H,3-8H2,1-2H3,(H,13,14). The van der Waals surface area contributed by atoms with Gasteiger partial charge in [-0.25, -0.2) is 0 Å². The molecule has 0 amide bonds. The number of fused-ring (bicyclic) bond motifs is 3. The molecule has 3 nitrogen and oxygen atoms in total. The fourth-order valence-electron chi connectivity index (χ4n) is 2.91. The van der Waals surface area contributed by atoms with Crippen LogP contribution in [-0.2, 0) is 0 Å². The van der Waals surface area contributed by atoms with Crippen LogP contribution in [0.25, 0.3) is 0 Å². The molecule has 90 valence electrons. The normalized spacial score (nSPS) is 43.6. The molecule has 2 bridgehead atoms. The van der Waals surface area contributed by atoms with Gasteiger partial charge in [0.2, 0.25) is 0 Å². The largest absolute Gasteiger partial charge is 0.359 e. The minimum Gasteiger partial charge on any atom is -0.359 e. The lowest BCUT2D eigenvalue weighted by molar-refractivity contribution is 0.0906. The monoisotopic (exact) mass is 239 g/mol. The maximum Gasteiger partial charge on any atom is 0.157 e. The Morgan fingerprint density at radius 2 is 2.12 bits per heavy atom. The van der Waals surface area contributed by atoms with Crippen LogP contribution in [-0.4, -0.2) is 47.0 Å². The molecule has 0 aromatic carbocycles. The van der Waals surface area contributed by atoms with E-state index in [1.165, 1.54) is 37.6 Å². The Balaban J connectivity index is 1.68. The maximum atomic E-state index is 4.94. The molecule has 1 N–H and O–H groups in total. The van der Waals surface area contributed by atoms with E-state index in [4.69, 9.17) is 4.99 Å². The Morgan fingerprint density at radius 3 is 2.62 bits per heavy atom. The Labute approximate surface area is 102 Å². The van der Waals surface area contributed by atoms with Gasteiger partial charge in [-0.05, 0) is 45.7 Å². The summed E-state index contributed by atoms with van der Waals surface area (Å²) in [5.74, 6) is 2.00. The molecule has 0 spiro atoms. The molecule has 0 saturated carbocycles. The Morgan fingerprint density at radius 1 is 1.38 bits per heavy atom.